The van der Waals surface area contributed by atoms with Crippen LogP contribution in [0.3, 0.4) is 0 Å². The van der Waals surface area contributed by atoms with Gasteiger partial charge in [-0.05, 0) is 25.7 Å². The first-order chi connectivity index (χ1) is 10.2. The molecule has 22 heavy (non-hydrogen) atoms. The lowest BCUT2D eigenvalue weighted by molar-refractivity contribution is 0.141. The lowest BCUT2D eigenvalue weighted by Gasteiger charge is -2.35. The van der Waals surface area contributed by atoms with Crippen LogP contribution in [0.5, 0.6) is 0 Å². The van der Waals surface area contributed by atoms with Crippen LogP contribution in [0.25, 0.3) is 0 Å². The molecule has 2 amide bonds. The third kappa shape index (κ3) is 7.95. The molecule has 1 atom stereocenters. The van der Waals surface area contributed by atoms with E-state index < -0.39 is 10.0 Å². The standard InChI is InChI=1S/C14H30N4O3S/c1-12(2)4-5-13(3)16-14(19)18-8-6-17(7-9-18)10-11-22(15,20)21/h12-13H,4-11H2,1-3H3,(H,16,19)(H2,15,20,21). The van der Waals surface area contributed by atoms with E-state index in [1.54, 1.807) is 4.90 Å². The molecule has 0 spiro atoms. The molecule has 1 heterocycles. The third-order valence-electron chi connectivity index (χ3n) is 3.90. The van der Waals surface area contributed by atoms with Gasteiger partial charge in [-0.15, -0.1) is 0 Å². The molecule has 1 rings (SSSR count). The van der Waals surface area contributed by atoms with Gasteiger partial charge < -0.3 is 10.2 Å². The van der Waals surface area contributed by atoms with E-state index in [1.807, 2.05) is 11.8 Å². The van der Waals surface area contributed by atoms with Gasteiger partial charge in [0.05, 0.1) is 5.75 Å². The minimum absolute atomic E-state index is 0.0256. The van der Waals surface area contributed by atoms with Crippen LogP contribution >= 0.6 is 0 Å². The van der Waals surface area contributed by atoms with Crippen LogP contribution in [0.4, 0.5) is 4.79 Å². The van der Waals surface area contributed by atoms with Crippen LogP contribution in [0.15, 0.2) is 0 Å². The van der Waals surface area contributed by atoms with Crippen molar-refractivity contribution in [2.75, 3.05) is 38.5 Å². The molecule has 1 aliphatic rings. The lowest BCUT2D eigenvalue weighted by Crippen LogP contribution is -2.53. The number of carbonyl (C=O) groups excluding carboxylic acids is 1. The van der Waals surface area contributed by atoms with Crippen molar-refractivity contribution >= 4 is 16.1 Å². The summed E-state index contributed by atoms with van der Waals surface area (Å²) < 4.78 is 21.9. The normalized spacial score (nSPS) is 18.5. The molecule has 1 fully saturated rings. The Morgan fingerprint density at radius 2 is 1.73 bits per heavy atom. The Labute approximate surface area is 134 Å². The van der Waals surface area contributed by atoms with Crippen LogP contribution in [0.1, 0.15) is 33.6 Å². The minimum atomic E-state index is -3.42. The van der Waals surface area contributed by atoms with Gasteiger partial charge in [0.15, 0.2) is 0 Å². The molecule has 0 bridgehead atoms. The van der Waals surface area contributed by atoms with Gasteiger partial charge in [-0.2, -0.15) is 0 Å². The third-order valence-corrected chi connectivity index (χ3v) is 4.65. The molecule has 0 aromatic rings. The number of urea groups is 1. The number of nitrogens with one attached hydrogen (secondary N) is 1. The monoisotopic (exact) mass is 334 g/mol. The fourth-order valence-electron chi connectivity index (χ4n) is 2.39. The van der Waals surface area contributed by atoms with Gasteiger partial charge >= 0.3 is 6.03 Å². The summed E-state index contributed by atoms with van der Waals surface area (Å²) >= 11 is 0. The second kappa shape index (κ2) is 8.69. The largest absolute Gasteiger partial charge is 0.336 e. The van der Waals surface area contributed by atoms with Crippen molar-refractivity contribution in [3.05, 3.63) is 0 Å². The average Bonchev–Trinajstić information content (AvgIpc) is 2.42. The topological polar surface area (TPSA) is 95.7 Å². The number of primary sulfonamides is 1. The van der Waals surface area contributed by atoms with E-state index in [4.69, 9.17) is 5.14 Å². The SMILES string of the molecule is CC(C)CCC(C)NC(=O)N1CCN(CCS(N)(=O)=O)CC1. The van der Waals surface area contributed by atoms with E-state index >= 15 is 0 Å². The van der Waals surface area contributed by atoms with Crippen LogP contribution in [0, 0.1) is 5.92 Å². The highest BCUT2D eigenvalue weighted by atomic mass is 32.2. The fraction of sp³-hybridized carbons (Fsp3) is 0.929. The first-order valence-corrected chi connectivity index (χ1v) is 9.67. The van der Waals surface area contributed by atoms with Gasteiger partial charge in [0.1, 0.15) is 0 Å². The Bertz CT molecular complexity index is 445. The molecule has 1 aliphatic heterocycles. The quantitative estimate of drug-likeness (QED) is 0.705. The summed E-state index contributed by atoms with van der Waals surface area (Å²) in [6.07, 6.45) is 2.08. The zero-order valence-electron chi connectivity index (χ0n) is 13.9. The number of nitrogens with two attached hydrogens (primary N) is 1. The van der Waals surface area contributed by atoms with Crippen molar-refractivity contribution in [3.8, 4) is 0 Å². The number of carbonyl (C=O) groups is 1. The Morgan fingerprint density at radius 3 is 2.23 bits per heavy atom. The van der Waals surface area contributed by atoms with Gasteiger partial charge in [0.2, 0.25) is 10.0 Å². The van der Waals surface area contributed by atoms with E-state index in [1.165, 1.54) is 0 Å². The number of hydrogen-bond acceptors (Lipinski definition) is 4. The Morgan fingerprint density at radius 1 is 1.14 bits per heavy atom. The molecule has 1 unspecified atom stereocenters. The number of amides is 2. The van der Waals surface area contributed by atoms with E-state index in [0.717, 1.165) is 12.8 Å². The van der Waals surface area contributed by atoms with Crippen LogP contribution in [0.2, 0.25) is 0 Å². The summed E-state index contributed by atoms with van der Waals surface area (Å²) in [5, 5.41) is 8.03. The van der Waals surface area contributed by atoms with Crippen LogP contribution < -0.4 is 10.5 Å². The van der Waals surface area contributed by atoms with E-state index in [-0.39, 0.29) is 17.8 Å². The summed E-state index contributed by atoms with van der Waals surface area (Å²) in [6.45, 7) is 9.42. The Kier molecular flexibility index (Phi) is 7.58. The number of hydrogen-bond donors (Lipinski definition) is 2. The highest BCUT2D eigenvalue weighted by Crippen LogP contribution is 2.08. The molecule has 0 radical (unpaired) electrons. The summed E-state index contributed by atoms with van der Waals surface area (Å²) in [6, 6.07) is 0.151. The maximum absolute atomic E-state index is 12.2. The molecule has 1 saturated heterocycles. The molecular formula is C14H30N4O3S. The van der Waals surface area contributed by atoms with Gasteiger partial charge in [-0.3, -0.25) is 4.90 Å². The molecule has 8 heteroatoms. The summed E-state index contributed by atoms with van der Waals surface area (Å²) in [5.41, 5.74) is 0. The van der Waals surface area contributed by atoms with Gasteiger partial charge in [-0.1, -0.05) is 13.8 Å². The molecule has 3 N–H and O–H groups in total. The van der Waals surface area contributed by atoms with E-state index in [2.05, 4.69) is 19.2 Å². The fourth-order valence-corrected chi connectivity index (χ4v) is 2.90. The van der Waals surface area contributed by atoms with E-state index in [0.29, 0.717) is 38.6 Å². The molecule has 0 saturated carbocycles. The molecule has 7 nitrogen and oxygen atoms in total. The van der Waals surface area contributed by atoms with E-state index in [9.17, 15) is 13.2 Å². The predicted octanol–water partition coefficient (Wildman–Crippen LogP) is 0.427. The Hall–Kier alpha value is -0.860. The summed E-state index contributed by atoms with van der Waals surface area (Å²) in [5.74, 6) is 0.604. The summed E-state index contributed by atoms with van der Waals surface area (Å²) in [7, 11) is -3.42. The average molecular weight is 334 g/mol. The lowest BCUT2D eigenvalue weighted by atomic mass is 10.0. The van der Waals surface area contributed by atoms with Crippen molar-refractivity contribution in [2.45, 2.75) is 39.7 Å². The molecule has 130 valence electrons. The van der Waals surface area contributed by atoms with Crippen molar-refractivity contribution in [3.63, 3.8) is 0 Å². The maximum atomic E-state index is 12.2. The minimum Gasteiger partial charge on any atom is -0.336 e. The highest BCUT2D eigenvalue weighted by Gasteiger charge is 2.22. The second-order valence-electron chi connectivity index (χ2n) is 6.52. The second-order valence-corrected chi connectivity index (χ2v) is 8.25. The summed E-state index contributed by atoms with van der Waals surface area (Å²) in [4.78, 5) is 16.0. The molecule has 0 aliphatic carbocycles. The first kappa shape index (κ1) is 19.2. The Balaban J connectivity index is 2.27. The first-order valence-electron chi connectivity index (χ1n) is 7.95. The predicted molar refractivity (Wildman–Crippen MR) is 88.1 cm³/mol. The van der Waals surface area contributed by atoms with Gasteiger partial charge in [-0.25, -0.2) is 18.4 Å². The smallest absolute Gasteiger partial charge is 0.317 e. The zero-order chi connectivity index (χ0) is 16.8. The number of sulfonamides is 1. The maximum Gasteiger partial charge on any atom is 0.317 e. The number of rotatable bonds is 7. The van der Waals surface area contributed by atoms with Crippen LogP contribution in [-0.2, 0) is 10.0 Å². The van der Waals surface area contributed by atoms with Crippen molar-refractivity contribution in [2.24, 2.45) is 11.1 Å². The van der Waals surface area contributed by atoms with Gasteiger partial charge in [0, 0.05) is 38.8 Å². The zero-order valence-corrected chi connectivity index (χ0v) is 14.7. The molecule has 0 aromatic carbocycles. The van der Waals surface area contributed by atoms with Crippen molar-refractivity contribution in [1.29, 1.82) is 0 Å². The molecule has 0 aromatic heterocycles. The van der Waals surface area contributed by atoms with Crippen molar-refractivity contribution < 1.29 is 13.2 Å². The van der Waals surface area contributed by atoms with Crippen LogP contribution in [-0.4, -0.2) is 68.8 Å². The number of nitrogens with zero attached hydrogens (tertiary/aromatic N) is 2. The highest BCUT2D eigenvalue weighted by molar-refractivity contribution is 7.89. The molecular weight excluding hydrogens is 304 g/mol. The van der Waals surface area contributed by atoms with Crippen molar-refractivity contribution in [1.82, 2.24) is 15.1 Å². The number of piperazine rings is 1. The van der Waals surface area contributed by atoms with Gasteiger partial charge in [0.25, 0.3) is 0 Å².